The fourth-order valence-corrected chi connectivity index (χ4v) is 6.92. The van der Waals surface area contributed by atoms with E-state index in [1.54, 1.807) is 6.20 Å². The van der Waals surface area contributed by atoms with Crippen molar-refractivity contribution in [3.8, 4) is 22.5 Å². The molecule has 5 heterocycles. The molecule has 48 heavy (non-hydrogen) atoms. The van der Waals surface area contributed by atoms with Crippen molar-refractivity contribution in [2.45, 2.75) is 26.1 Å². The minimum atomic E-state index is -0.294. The molecule has 0 unspecified atom stereocenters. The van der Waals surface area contributed by atoms with Gasteiger partial charge < -0.3 is 24.3 Å². The van der Waals surface area contributed by atoms with Gasteiger partial charge in [-0.15, -0.1) is 0 Å². The van der Waals surface area contributed by atoms with Crippen LogP contribution in [0.4, 0.5) is 11.5 Å². The molecular weight excluding hydrogens is 641 g/mol. The molecule has 8 rings (SSSR count). The number of carbonyl (C=O) groups is 1. The molecule has 7 aromatic rings. The third kappa shape index (κ3) is 5.43. The van der Waals surface area contributed by atoms with E-state index in [2.05, 4.69) is 49.6 Å². The Kier molecular flexibility index (Phi) is 7.75. The van der Waals surface area contributed by atoms with E-state index in [0.29, 0.717) is 28.0 Å². The number of pyridine rings is 1. The van der Waals surface area contributed by atoms with Gasteiger partial charge in [0.2, 0.25) is 0 Å². The Morgan fingerprint density at radius 1 is 0.896 bits per heavy atom. The Labute approximate surface area is 287 Å². The largest absolute Gasteiger partial charge is 0.350 e. The summed E-state index contributed by atoms with van der Waals surface area (Å²) in [4.78, 5) is 29.8. The number of aromatic amines is 1. The number of nitrogens with zero attached hydrogens (tertiary/aromatic N) is 5. The van der Waals surface area contributed by atoms with Gasteiger partial charge in [-0.05, 0) is 61.0 Å². The summed E-state index contributed by atoms with van der Waals surface area (Å²) in [5.74, 6) is 0.434. The fourth-order valence-electron chi connectivity index (χ4n) is 6.62. The van der Waals surface area contributed by atoms with E-state index in [4.69, 9.17) is 33.2 Å². The summed E-state index contributed by atoms with van der Waals surface area (Å²) < 4.78 is 4.37. The lowest BCUT2D eigenvalue weighted by Gasteiger charge is -2.30. The number of fused-ring (bicyclic) bond motifs is 2. The van der Waals surface area contributed by atoms with Crippen LogP contribution in [0.2, 0.25) is 10.0 Å². The van der Waals surface area contributed by atoms with Gasteiger partial charge in [-0.2, -0.15) is 0 Å². The van der Waals surface area contributed by atoms with Crippen LogP contribution in [0.25, 0.3) is 33.4 Å². The lowest BCUT2D eigenvalue weighted by molar-refractivity contribution is 0.102. The fraction of sp³-hybridized carbons (Fsp3) is 0.132. The summed E-state index contributed by atoms with van der Waals surface area (Å²) >= 11 is 12.7. The Bertz CT molecular complexity index is 2270. The smallest absolute Gasteiger partial charge is 0.272 e. The maximum absolute atomic E-state index is 14.5. The molecule has 4 aromatic heterocycles. The van der Waals surface area contributed by atoms with E-state index in [9.17, 15) is 4.79 Å². The van der Waals surface area contributed by atoms with Crippen LogP contribution in [-0.4, -0.2) is 36.5 Å². The van der Waals surface area contributed by atoms with Crippen LogP contribution in [0, 0.1) is 0 Å². The zero-order valence-electron chi connectivity index (χ0n) is 26.1. The predicted molar refractivity (Wildman–Crippen MR) is 193 cm³/mol. The second-order valence-corrected chi connectivity index (χ2v) is 12.8. The third-order valence-corrected chi connectivity index (χ3v) is 9.54. The summed E-state index contributed by atoms with van der Waals surface area (Å²) in [7, 11) is 0. The molecule has 1 amide bonds. The van der Waals surface area contributed by atoms with Crippen LogP contribution < -0.4 is 10.2 Å². The molecular formula is C38H31Cl2N7O. The van der Waals surface area contributed by atoms with Gasteiger partial charge in [0, 0.05) is 63.3 Å². The number of amides is 1. The van der Waals surface area contributed by atoms with Crippen molar-refractivity contribution in [1.29, 1.82) is 0 Å². The van der Waals surface area contributed by atoms with E-state index < -0.39 is 0 Å². The number of carbonyl (C=O) groups excluding carboxylic acids is 1. The minimum absolute atomic E-state index is 0.127. The second-order valence-electron chi connectivity index (χ2n) is 12.0. The molecule has 0 aliphatic carbocycles. The highest BCUT2D eigenvalue weighted by atomic mass is 35.5. The van der Waals surface area contributed by atoms with Gasteiger partial charge in [-0.1, -0.05) is 71.7 Å². The minimum Gasteiger partial charge on any atom is -0.350 e. The Morgan fingerprint density at radius 3 is 2.54 bits per heavy atom. The highest BCUT2D eigenvalue weighted by molar-refractivity contribution is 6.31. The molecule has 10 heteroatoms. The first-order chi connectivity index (χ1) is 23.4. The normalized spacial score (nSPS) is 13.4. The number of benzene rings is 3. The van der Waals surface area contributed by atoms with Gasteiger partial charge in [0.15, 0.2) is 5.82 Å². The number of halogens is 2. The van der Waals surface area contributed by atoms with Crippen LogP contribution in [-0.2, 0) is 13.1 Å². The molecule has 1 aliphatic heterocycles. The summed E-state index contributed by atoms with van der Waals surface area (Å²) in [6, 6.07) is 31.3. The maximum atomic E-state index is 14.5. The number of hydrogen-bond donors (Lipinski definition) is 2. The van der Waals surface area contributed by atoms with Gasteiger partial charge in [-0.25, -0.2) is 9.97 Å². The Balaban J connectivity index is 1.27. The van der Waals surface area contributed by atoms with Crippen LogP contribution in [0.15, 0.2) is 116 Å². The number of H-pyrrole nitrogens is 1. The number of rotatable bonds is 7. The zero-order chi connectivity index (χ0) is 32.8. The molecule has 0 fully saturated rings. The molecule has 0 spiro atoms. The first-order valence-corrected chi connectivity index (χ1v) is 16.5. The standard InChI is InChI=1S/C38H31Cl2N7O/c1-24(25-11-13-27(39)14-12-25)47-23-42-34(26-7-3-2-4-8-26)36(47)33-30-16-15-28(40)21-32(30)43-35(33)38(48)44-31-10-5-17-41-37(31)46-20-19-45-18-6-9-29(45)22-46/h2-18,21,23-24,43H,19-20,22H2,1H3,(H,44,48)/t24-/m0/s1. The van der Waals surface area contributed by atoms with Crippen LogP contribution >= 0.6 is 23.2 Å². The average molecular weight is 673 g/mol. The molecule has 2 N–H and O–H groups in total. The average Bonchev–Trinajstić information content (AvgIpc) is 3.85. The molecule has 8 nitrogen and oxygen atoms in total. The molecule has 0 radical (unpaired) electrons. The number of anilines is 2. The number of imidazole rings is 1. The molecule has 238 valence electrons. The summed E-state index contributed by atoms with van der Waals surface area (Å²) in [6.07, 6.45) is 5.70. The van der Waals surface area contributed by atoms with Crippen molar-refractivity contribution in [3.63, 3.8) is 0 Å². The molecule has 0 bridgehead atoms. The van der Waals surface area contributed by atoms with E-state index in [1.165, 1.54) is 5.69 Å². The summed E-state index contributed by atoms with van der Waals surface area (Å²) in [6.45, 7) is 4.44. The van der Waals surface area contributed by atoms with Crippen molar-refractivity contribution in [1.82, 2.24) is 24.1 Å². The molecule has 1 aliphatic rings. The highest BCUT2D eigenvalue weighted by Crippen LogP contribution is 2.42. The molecule has 0 saturated carbocycles. The van der Waals surface area contributed by atoms with Crippen molar-refractivity contribution in [2.24, 2.45) is 0 Å². The Morgan fingerprint density at radius 2 is 1.71 bits per heavy atom. The zero-order valence-corrected chi connectivity index (χ0v) is 27.6. The van der Waals surface area contributed by atoms with Gasteiger partial charge in [0.1, 0.15) is 5.69 Å². The van der Waals surface area contributed by atoms with Crippen LogP contribution in [0.3, 0.4) is 0 Å². The summed E-state index contributed by atoms with van der Waals surface area (Å²) in [5, 5.41) is 5.30. The summed E-state index contributed by atoms with van der Waals surface area (Å²) in [5.41, 5.74) is 7.29. The molecule has 3 aromatic carbocycles. The topological polar surface area (TPSA) is 83.8 Å². The van der Waals surface area contributed by atoms with E-state index >= 15 is 0 Å². The van der Waals surface area contributed by atoms with E-state index in [1.807, 2.05) is 91.3 Å². The first-order valence-electron chi connectivity index (χ1n) is 15.8. The monoisotopic (exact) mass is 671 g/mol. The van der Waals surface area contributed by atoms with Gasteiger partial charge >= 0.3 is 0 Å². The lowest BCUT2D eigenvalue weighted by atomic mass is 9.99. The van der Waals surface area contributed by atoms with E-state index in [-0.39, 0.29) is 11.9 Å². The molecule has 0 saturated heterocycles. The third-order valence-electron chi connectivity index (χ3n) is 9.06. The van der Waals surface area contributed by atoms with Gasteiger partial charge in [0.25, 0.3) is 5.91 Å². The Hall–Kier alpha value is -5.31. The van der Waals surface area contributed by atoms with Gasteiger partial charge in [0.05, 0.1) is 36.0 Å². The first kappa shape index (κ1) is 30.1. The predicted octanol–water partition coefficient (Wildman–Crippen LogP) is 9.08. The van der Waals surface area contributed by atoms with Crippen molar-refractivity contribution >= 4 is 51.5 Å². The van der Waals surface area contributed by atoms with Crippen LogP contribution in [0.1, 0.15) is 34.7 Å². The quantitative estimate of drug-likeness (QED) is 0.177. The number of nitrogens with one attached hydrogen (secondary N) is 2. The van der Waals surface area contributed by atoms with Gasteiger partial charge in [-0.3, -0.25) is 4.79 Å². The second kappa shape index (κ2) is 12.4. The molecule has 1 atom stereocenters. The highest BCUT2D eigenvalue weighted by Gasteiger charge is 2.29. The SMILES string of the molecule is C[C@@H](c1ccc(Cl)cc1)n1cnc(-c2ccccc2)c1-c1c(C(=O)Nc2cccnc2N2CCn3cccc3C2)[nH]c2cc(Cl)ccc12. The van der Waals surface area contributed by atoms with Crippen LogP contribution in [0.5, 0.6) is 0 Å². The number of hydrogen-bond acceptors (Lipinski definition) is 4. The van der Waals surface area contributed by atoms with Crippen molar-refractivity contribution in [2.75, 3.05) is 16.8 Å². The maximum Gasteiger partial charge on any atom is 0.272 e. The van der Waals surface area contributed by atoms with E-state index in [0.717, 1.165) is 57.9 Å². The number of aromatic nitrogens is 5. The lowest BCUT2D eigenvalue weighted by Crippen LogP contribution is -2.34. The van der Waals surface area contributed by atoms with Crippen molar-refractivity contribution in [3.05, 3.63) is 143 Å². The van der Waals surface area contributed by atoms with Crippen molar-refractivity contribution < 1.29 is 4.79 Å².